The number of para-hydroxylation sites is 1. The van der Waals surface area contributed by atoms with Crippen LogP contribution in [0.1, 0.15) is 0 Å². The molecule has 110 valence electrons. The number of fused-ring (bicyclic) bond motifs is 1. The normalized spacial score (nSPS) is 16.6. The van der Waals surface area contributed by atoms with Crippen molar-refractivity contribution >= 4 is 11.0 Å². The molecule has 0 bridgehead atoms. The third-order valence-corrected chi connectivity index (χ3v) is 3.63. The number of ether oxygens (including phenoxy) is 2. The first-order valence-electron chi connectivity index (χ1n) is 7.18. The molecule has 22 heavy (non-hydrogen) atoms. The molecule has 1 fully saturated rings. The molecule has 0 N–H and O–H groups in total. The highest BCUT2D eigenvalue weighted by atomic mass is 16.6. The van der Waals surface area contributed by atoms with Crippen LogP contribution in [-0.2, 0) is 4.74 Å². The van der Waals surface area contributed by atoms with Crippen LogP contribution in [-0.4, -0.2) is 19.3 Å². The van der Waals surface area contributed by atoms with Crippen LogP contribution in [0.25, 0.3) is 22.1 Å². The molecule has 0 aliphatic carbocycles. The standard InChI is InChI=1S/C18H14O4/c19-17-14-8-4-5-9-15(14)22-18(21-11-13-10-20-13)16(17)12-6-2-1-3-7-12/h1-9,13H,10-11H2. The van der Waals surface area contributed by atoms with Gasteiger partial charge in [-0.15, -0.1) is 0 Å². The molecular formula is C18H14O4. The lowest BCUT2D eigenvalue weighted by molar-refractivity contribution is 0.216. The maximum absolute atomic E-state index is 12.8. The highest BCUT2D eigenvalue weighted by Gasteiger charge is 2.25. The predicted molar refractivity (Wildman–Crippen MR) is 83.2 cm³/mol. The van der Waals surface area contributed by atoms with Crippen molar-refractivity contribution in [2.24, 2.45) is 0 Å². The number of epoxide rings is 1. The van der Waals surface area contributed by atoms with E-state index in [9.17, 15) is 4.79 Å². The summed E-state index contributed by atoms with van der Waals surface area (Å²) in [5.74, 6) is 0.255. The van der Waals surface area contributed by atoms with Crippen molar-refractivity contribution in [1.29, 1.82) is 0 Å². The van der Waals surface area contributed by atoms with Gasteiger partial charge in [-0.05, 0) is 17.7 Å². The van der Waals surface area contributed by atoms with Gasteiger partial charge in [0.1, 0.15) is 23.9 Å². The van der Waals surface area contributed by atoms with Crippen LogP contribution in [0.4, 0.5) is 0 Å². The first-order valence-corrected chi connectivity index (χ1v) is 7.18. The van der Waals surface area contributed by atoms with Crippen LogP contribution < -0.4 is 10.2 Å². The lowest BCUT2D eigenvalue weighted by atomic mass is 10.1. The predicted octanol–water partition coefficient (Wildman–Crippen LogP) is 3.24. The van der Waals surface area contributed by atoms with E-state index in [2.05, 4.69) is 0 Å². The quantitative estimate of drug-likeness (QED) is 0.693. The Bertz CT molecular complexity index is 863. The summed E-state index contributed by atoms with van der Waals surface area (Å²) in [5.41, 5.74) is 1.69. The average molecular weight is 294 g/mol. The van der Waals surface area contributed by atoms with Gasteiger partial charge in [0.25, 0.3) is 5.95 Å². The number of hydrogen-bond acceptors (Lipinski definition) is 4. The van der Waals surface area contributed by atoms with E-state index in [1.807, 2.05) is 42.5 Å². The molecule has 0 saturated carbocycles. The molecular weight excluding hydrogens is 280 g/mol. The third-order valence-electron chi connectivity index (χ3n) is 3.63. The summed E-state index contributed by atoms with van der Waals surface area (Å²) < 4.78 is 16.7. The van der Waals surface area contributed by atoms with Gasteiger partial charge in [0.05, 0.1) is 12.0 Å². The lowest BCUT2D eigenvalue weighted by Gasteiger charge is -2.10. The summed E-state index contributed by atoms with van der Waals surface area (Å²) in [6.45, 7) is 1.08. The zero-order valence-corrected chi connectivity index (χ0v) is 11.8. The molecule has 2 heterocycles. The SMILES string of the molecule is O=c1c(-c2ccccc2)c(OCC2CO2)oc2ccccc12. The summed E-state index contributed by atoms with van der Waals surface area (Å²) >= 11 is 0. The van der Waals surface area contributed by atoms with E-state index in [1.165, 1.54) is 0 Å². The highest BCUT2D eigenvalue weighted by molar-refractivity contribution is 5.83. The molecule has 1 unspecified atom stereocenters. The van der Waals surface area contributed by atoms with Crippen LogP contribution in [0.2, 0.25) is 0 Å². The number of rotatable bonds is 4. The highest BCUT2D eigenvalue weighted by Crippen LogP contribution is 2.30. The molecule has 1 aliphatic heterocycles. The van der Waals surface area contributed by atoms with Gasteiger partial charge >= 0.3 is 0 Å². The van der Waals surface area contributed by atoms with Crippen molar-refractivity contribution in [3.8, 4) is 17.1 Å². The summed E-state index contributed by atoms with van der Waals surface area (Å²) in [6.07, 6.45) is 0.0976. The van der Waals surface area contributed by atoms with Gasteiger partial charge in [-0.2, -0.15) is 0 Å². The van der Waals surface area contributed by atoms with Crippen molar-refractivity contribution in [3.05, 3.63) is 64.8 Å². The molecule has 2 aromatic carbocycles. The van der Waals surface area contributed by atoms with Gasteiger partial charge in [0.15, 0.2) is 0 Å². The van der Waals surface area contributed by atoms with Gasteiger partial charge in [0, 0.05) is 0 Å². The number of benzene rings is 2. The first-order chi connectivity index (χ1) is 10.8. The van der Waals surface area contributed by atoms with Gasteiger partial charge in [-0.1, -0.05) is 42.5 Å². The monoisotopic (exact) mass is 294 g/mol. The van der Waals surface area contributed by atoms with Gasteiger partial charge < -0.3 is 13.9 Å². The van der Waals surface area contributed by atoms with E-state index in [0.29, 0.717) is 29.7 Å². The maximum Gasteiger partial charge on any atom is 0.297 e. The largest absolute Gasteiger partial charge is 0.462 e. The maximum atomic E-state index is 12.8. The molecule has 0 spiro atoms. The van der Waals surface area contributed by atoms with Crippen molar-refractivity contribution in [2.75, 3.05) is 13.2 Å². The summed E-state index contributed by atoms with van der Waals surface area (Å²) in [7, 11) is 0. The van der Waals surface area contributed by atoms with E-state index in [-0.39, 0.29) is 17.5 Å². The summed E-state index contributed by atoms with van der Waals surface area (Å²) in [4.78, 5) is 12.8. The minimum Gasteiger partial charge on any atom is -0.462 e. The molecule has 1 saturated heterocycles. The Hall–Kier alpha value is -2.59. The van der Waals surface area contributed by atoms with Crippen LogP contribution in [0.15, 0.2) is 63.8 Å². The van der Waals surface area contributed by atoms with Crippen LogP contribution in [0, 0.1) is 0 Å². The zero-order chi connectivity index (χ0) is 14.9. The Morgan fingerprint density at radius 3 is 2.55 bits per heavy atom. The molecule has 1 aromatic heterocycles. The fourth-order valence-electron chi connectivity index (χ4n) is 2.41. The molecule has 4 nitrogen and oxygen atoms in total. The van der Waals surface area contributed by atoms with Gasteiger partial charge in [-0.3, -0.25) is 4.79 Å². The van der Waals surface area contributed by atoms with Crippen LogP contribution in [0.5, 0.6) is 5.95 Å². The second-order valence-corrected chi connectivity index (χ2v) is 5.22. The van der Waals surface area contributed by atoms with Crippen molar-refractivity contribution < 1.29 is 13.9 Å². The van der Waals surface area contributed by atoms with Crippen molar-refractivity contribution in [3.63, 3.8) is 0 Å². The smallest absolute Gasteiger partial charge is 0.297 e. The van der Waals surface area contributed by atoms with E-state index in [4.69, 9.17) is 13.9 Å². The second kappa shape index (κ2) is 5.31. The fourth-order valence-corrected chi connectivity index (χ4v) is 2.41. The lowest BCUT2D eigenvalue weighted by Crippen LogP contribution is -2.11. The molecule has 4 rings (SSSR count). The summed E-state index contributed by atoms with van der Waals surface area (Å²) in [5, 5.41) is 0.552. The number of hydrogen-bond donors (Lipinski definition) is 0. The van der Waals surface area contributed by atoms with E-state index < -0.39 is 0 Å². The molecule has 4 heteroatoms. The second-order valence-electron chi connectivity index (χ2n) is 5.22. The summed E-state index contributed by atoms with van der Waals surface area (Å²) in [6, 6.07) is 16.6. The zero-order valence-electron chi connectivity index (χ0n) is 11.8. The molecule has 3 aromatic rings. The molecule has 1 atom stereocenters. The fraction of sp³-hybridized carbons (Fsp3) is 0.167. The Morgan fingerprint density at radius 1 is 1.05 bits per heavy atom. The Balaban J connectivity index is 1.91. The average Bonchev–Trinajstić information content (AvgIpc) is 3.38. The molecule has 1 aliphatic rings. The minimum absolute atomic E-state index is 0.0836. The third kappa shape index (κ3) is 2.38. The van der Waals surface area contributed by atoms with Gasteiger partial charge in [-0.25, -0.2) is 0 Å². The van der Waals surface area contributed by atoms with E-state index in [1.54, 1.807) is 12.1 Å². The van der Waals surface area contributed by atoms with Crippen LogP contribution >= 0.6 is 0 Å². The Morgan fingerprint density at radius 2 is 1.77 bits per heavy atom. The first kappa shape index (κ1) is 13.1. The van der Waals surface area contributed by atoms with Crippen LogP contribution in [0.3, 0.4) is 0 Å². The Kier molecular flexibility index (Phi) is 3.16. The molecule has 0 radical (unpaired) electrons. The van der Waals surface area contributed by atoms with E-state index in [0.717, 1.165) is 5.56 Å². The Labute approximate surface area is 126 Å². The minimum atomic E-state index is -0.0836. The van der Waals surface area contributed by atoms with Crippen molar-refractivity contribution in [2.45, 2.75) is 6.10 Å². The molecule has 0 amide bonds. The van der Waals surface area contributed by atoms with E-state index >= 15 is 0 Å². The topological polar surface area (TPSA) is 52.0 Å². The van der Waals surface area contributed by atoms with Crippen molar-refractivity contribution in [1.82, 2.24) is 0 Å². The van der Waals surface area contributed by atoms with Gasteiger partial charge in [0.2, 0.25) is 5.43 Å².